The Labute approximate surface area is 120 Å². The lowest BCUT2D eigenvalue weighted by Gasteiger charge is -2.17. The first-order chi connectivity index (χ1) is 9.13. The van der Waals surface area contributed by atoms with Crippen LogP contribution in [0.15, 0.2) is 17.0 Å². The Kier molecular flexibility index (Phi) is 5.50. The number of nitrogen functional groups attached to an aromatic ring is 1. The summed E-state index contributed by atoms with van der Waals surface area (Å²) in [5.74, 6) is -0.758. The van der Waals surface area contributed by atoms with Crippen LogP contribution in [0, 0.1) is 12.7 Å². The summed E-state index contributed by atoms with van der Waals surface area (Å²) in [4.78, 5) is 1.56. The van der Waals surface area contributed by atoms with E-state index in [2.05, 4.69) is 4.72 Å². The molecule has 0 amide bonds. The third kappa shape index (κ3) is 4.43. The molecule has 3 N–H and O–H groups in total. The molecule has 0 fully saturated rings. The first-order valence-electron chi connectivity index (χ1n) is 6.36. The maximum Gasteiger partial charge on any atom is 0.243 e. The molecule has 1 aromatic carbocycles. The van der Waals surface area contributed by atoms with Gasteiger partial charge < -0.3 is 10.6 Å². The van der Waals surface area contributed by atoms with Gasteiger partial charge in [-0.2, -0.15) is 0 Å². The maximum atomic E-state index is 14.0. The van der Waals surface area contributed by atoms with Crippen LogP contribution in [-0.2, 0) is 10.0 Å². The van der Waals surface area contributed by atoms with Gasteiger partial charge in [0.05, 0.1) is 0 Å². The Bertz CT molecular complexity index is 573. The molecule has 0 bridgehead atoms. The second kappa shape index (κ2) is 6.51. The quantitative estimate of drug-likeness (QED) is 0.778. The predicted molar refractivity (Wildman–Crippen MR) is 78.5 cm³/mol. The monoisotopic (exact) mass is 303 g/mol. The van der Waals surface area contributed by atoms with Crippen molar-refractivity contribution in [1.29, 1.82) is 0 Å². The summed E-state index contributed by atoms with van der Waals surface area (Å²) in [5.41, 5.74) is 6.03. The summed E-state index contributed by atoms with van der Waals surface area (Å²) in [6.07, 6.45) is 0.634. The highest BCUT2D eigenvalue weighted by Crippen LogP contribution is 2.21. The standard InChI is InChI=1S/C13H22FN3O2S/c1-9-7-11(15)8-12(13(9)14)20(18,19)16-10(2)5-6-17(3)4/h7-8,10,16H,5-6,15H2,1-4H3. The van der Waals surface area contributed by atoms with Crippen molar-refractivity contribution in [3.05, 3.63) is 23.5 Å². The van der Waals surface area contributed by atoms with E-state index in [0.29, 0.717) is 6.42 Å². The highest BCUT2D eigenvalue weighted by atomic mass is 32.2. The number of nitrogens with two attached hydrogens (primary N) is 1. The topological polar surface area (TPSA) is 75.4 Å². The average Bonchev–Trinajstić information content (AvgIpc) is 2.30. The van der Waals surface area contributed by atoms with Crippen molar-refractivity contribution in [2.75, 3.05) is 26.4 Å². The molecule has 1 unspecified atom stereocenters. The van der Waals surface area contributed by atoms with Crippen molar-refractivity contribution < 1.29 is 12.8 Å². The zero-order chi connectivity index (χ0) is 15.5. The van der Waals surface area contributed by atoms with E-state index >= 15 is 0 Å². The van der Waals surface area contributed by atoms with E-state index in [-0.39, 0.29) is 17.3 Å². The third-order valence-electron chi connectivity index (χ3n) is 2.90. The minimum absolute atomic E-state index is 0.214. The minimum Gasteiger partial charge on any atom is -0.399 e. The van der Waals surface area contributed by atoms with Gasteiger partial charge in [0.25, 0.3) is 0 Å². The lowest BCUT2D eigenvalue weighted by atomic mass is 10.2. The van der Waals surface area contributed by atoms with Gasteiger partial charge in [0.2, 0.25) is 10.0 Å². The van der Waals surface area contributed by atoms with E-state index in [4.69, 9.17) is 5.73 Å². The molecule has 1 atom stereocenters. The number of halogens is 1. The predicted octanol–water partition coefficient (Wildman–Crippen LogP) is 1.33. The number of nitrogens with zero attached hydrogens (tertiary/aromatic N) is 1. The Hall–Kier alpha value is -1.18. The lowest BCUT2D eigenvalue weighted by Crippen LogP contribution is -2.35. The van der Waals surface area contributed by atoms with Crippen LogP contribution in [0.5, 0.6) is 0 Å². The second-order valence-corrected chi connectivity index (χ2v) is 6.95. The van der Waals surface area contributed by atoms with E-state index in [1.807, 2.05) is 19.0 Å². The molecule has 0 aliphatic heterocycles. The van der Waals surface area contributed by atoms with Crippen LogP contribution >= 0.6 is 0 Å². The van der Waals surface area contributed by atoms with Crippen molar-refractivity contribution in [3.8, 4) is 0 Å². The van der Waals surface area contributed by atoms with Crippen molar-refractivity contribution in [2.45, 2.75) is 31.2 Å². The Morgan fingerprint density at radius 2 is 2.00 bits per heavy atom. The fourth-order valence-corrected chi connectivity index (χ4v) is 3.26. The fraction of sp³-hybridized carbons (Fsp3) is 0.538. The molecule has 0 aliphatic carbocycles. The largest absolute Gasteiger partial charge is 0.399 e. The fourth-order valence-electron chi connectivity index (χ4n) is 1.80. The number of anilines is 1. The number of sulfonamides is 1. The van der Waals surface area contributed by atoms with Crippen LogP contribution in [0.2, 0.25) is 0 Å². The van der Waals surface area contributed by atoms with Crippen molar-refractivity contribution in [1.82, 2.24) is 9.62 Å². The number of benzene rings is 1. The van der Waals surface area contributed by atoms with E-state index in [1.54, 1.807) is 6.92 Å². The smallest absolute Gasteiger partial charge is 0.243 e. The number of nitrogens with one attached hydrogen (secondary N) is 1. The van der Waals surface area contributed by atoms with Crippen LogP contribution in [0.25, 0.3) is 0 Å². The van der Waals surface area contributed by atoms with E-state index in [0.717, 1.165) is 12.6 Å². The zero-order valence-corrected chi connectivity index (χ0v) is 13.1. The van der Waals surface area contributed by atoms with E-state index < -0.39 is 20.7 Å². The van der Waals surface area contributed by atoms with Gasteiger partial charge in [0, 0.05) is 11.7 Å². The molecule has 1 aromatic rings. The van der Waals surface area contributed by atoms with Gasteiger partial charge in [-0.05, 0) is 58.6 Å². The van der Waals surface area contributed by atoms with Gasteiger partial charge >= 0.3 is 0 Å². The molecule has 7 heteroatoms. The molecule has 0 aromatic heterocycles. The van der Waals surface area contributed by atoms with E-state index in [9.17, 15) is 12.8 Å². The van der Waals surface area contributed by atoms with Crippen molar-refractivity contribution in [3.63, 3.8) is 0 Å². The molecule has 0 saturated carbocycles. The highest BCUT2D eigenvalue weighted by molar-refractivity contribution is 7.89. The number of hydrogen-bond acceptors (Lipinski definition) is 4. The minimum atomic E-state index is -3.91. The van der Waals surface area contributed by atoms with E-state index in [1.165, 1.54) is 13.0 Å². The van der Waals surface area contributed by atoms with Crippen LogP contribution in [0.4, 0.5) is 10.1 Å². The van der Waals surface area contributed by atoms with Crippen LogP contribution in [0.1, 0.15) is 18.9 Å². The van der Waals surface area contributed by atoms with Gasteiger partial charge in [0.15, 0.2) is 0 Å². The summed E-state index contributed by atoms with van der Waals surface area (Å²) >= 11 is 0. The second-order valence-electron chi connectivity index (χ2n) is 5.26. The molecule has 0 heterocycles. The van der Waals surface area contributed by atoms with Gasteiger partial charge in [0.1, 0.15) is 10.7 Å². The third-order valence-corrected chi connectivity index (χ3v) is 4.49. The molecule has 0 saturated heterocycles. The summed E-state index contributed by atoms with van der Waals surface area (Å²) < 4.78 is 40.8. The first-order valence-corrected chi connectivity index (χ1v) is 7.84. The highest BCUT2D eigenvalue weighted by Gasteiger charge is 2.23. The number of aryl methyl sites for hydroxylation is 1. The molecule has 0 spiro atoms. The molecule has 5 nitrogen and oxygen atoms in total. The summed E-state index contributed by atoms with van der Waals surface area (Å²) in [6, 6.07) is 2.26. The van der Waals surface area contributed by atoms with Gasteiger partial charge in [-0.25, -0.2) is 17.5 Å². The molecular weight excluding hydrogens is 281 g/mol. The molecule has 114 valence electrons. The van der Waals surface area contributed by atoms with Crippen LogP contribution < -0.4 is 10.5 Å². The molecule has 1 rings (SSSR count). The molecule has 0 aliphatic rings. The zero-order valence-electron chi connectivity index (χ0n) is 12.3. The van der Waals surface area contributed by atoms with Gasteiger partial charge in [-0.15, -0.1) is 0 Å². The van der Waals surface area contributed by atoms with Crippen LogP contribution in [0.3, 0.4) is 0 Å². The summed E-state index contributed by atoms with van der Waals surface area (Å²) in [5, 5.41) is 0. The molecular formula is C13H22FN3O2S. The van der Waals surface area contributed by atoms with Crippen molar-refractivity contribution >= 4 is 15.7 Å². The normalized spacial score (nSPS) is 13.7. The maximum absolute atomic E-state index is 14.0. The summed E-state index contributed by atoms with van der Waals surface area (Å²) in [6.45, 7) is 3.97. The lowest BCUT2D eigenvalue weighted by molar-refractivity contribution is 0.378. The Balaban J connectivity index is 2.94. The first kappa shape index (κ1) is 16.9. The summed E-state index contributed by atoms with van der Waals surface area (Å²) in [7, 11) is -0.0968. The Morgan fingerprint density at radius 1 is 1.40 bits per heavy atom. The van der Waals surface area contributed by atoms with Gasteiger partial charge in [-0.1, -0.05) is 0 Å². The Morgan fingerprint density at radius 3 is 2.55 bits per heavy atom. The SMILES string of the molecule is Cc1cc(N)cc(S(=O)(=O)NC(C)CCN(C)C)c1F. The number of hydrogen-bond donors (Lipinski definition) is 2. The number of rotatable bonds is 6. The van der Waals surface area contributed by atoms with Crippen molar-refractivity contribution in [2.24, 2.45) is 0 Å². The molecule has 0 radical (unpaired) electrons. The molecule has 20 heavy (non-hydrogen) atoms. The van der Waals surface area contributed by atoms with Gasteiger partial charge in [-0.3, -0.25) is 0 Å². The average molecular weight is 303 g/mol. The van der Waals surface area contributed by atoms with Crippen LogP contribution in [-0.4, -0.2) is 40.0 Å².